The third-order valence-electron chi connectivity index (χ3n) is 7.64. The molecule has 0 radical (unpaired) electrons. The Kier molecular flexibility index (Phi) is 9.00. The standard InChI is InChI=1S/C31H41N7O3S/c1-20(2)41-26-18-23(22-12-14-38(15-13-22)16-17-39)10-11-24(26)35-31-36-29-28(32-19-33-29)30(37-31)34-25-8-6-7-9-27(25)42(5,40)21(3)4/h6-11,18-22,39H,5,12-17H2,1-4H3,(H3,32,33,34,35,36,37). The average molecular weight is 592 g/mol. The first-order chi connectivity index (χ1) is 20.2. The van der Waals surface area contributed by atoms with E-state index in [9.17, 15) is 9.32 Å². The van der Waals surface area contributed by atoms with Crippen molar-refractivity contribution in [2.24, 2.45) is 0 Å². The highest BCUT2D eigenvalue weighted by atomic mass is 32.2. The van der Waals surface area contributed by atoms with Gasteiger partial charge in [-0.05, 0) is 81.4 Å². The summed E-state index contributed by atoms with van der Waals surface area (Å²) in [4.78, 5) is 19.9. The first-order valence-electron chi connectivity index (χ1n) is 14.5. The van der Waals surface area contributed by atoms with Gasteiger partial charge in [0.1, 0.15) is 5.75 Å². The van der Waals surface area contributed by atoms with Crippen LogP contribution in [0.2, 0.25) is 0 Å². The highest BCUT2D eigenvalue weighted by molar-refractivity contribution is 8.01. The largest absolute Gasteiger partial charge is 0.489 e. The third kappa shape index (κ3) is 6.53. The lowest BCUT2D eigenvalue weighted by Gasteiger charge is -2.32. The van der Waals surface area contributed by atoms with Gasteiger partial charge in [0.05, 0.1) is 35.3 Å². The van der Waals surface area contributed by atoms with E-state index in [4.69, 9.17) is 9.72 Å². The molecule has 1 atom stereocenters. The highest BCUT2D eigenvalue weighted by Crippen LogP contribution is 2.36. The van der Waals surface area contributed by atoms with Crippen molar-refractivity contribution in [3.63, 3.8) is 0 Å². The predicted molar refractivity (Wildman–Crippen MR) is 171 cm³/mol. The minimum absolute atomic E-state index is 0.0181. The van der Waals surface area contributed by atoms with Gasteiger partial charge in [0, 0.05) is 21.3 Å². The molecule has 5 rings (SSSR count). The zero-order valence-electron chi connectivity index (χ0n) is 24.8. The Labute approximate surface area is 248 Å². The number of hydrogen-bond acceptors (Lipinski definition) is 9. The summed E-state index contributed by atoms with van der Waals surface area (Å²) in [5.74, 6) is 6.07. The number of nitrogens with one attached hydrogen (secondary N) is 3. The van der Waals surface area contributed by atoms with Gasteiger partial charge < -0.3 is 30.4 Å². The number of aromatic amines is 1. The number of imidazole rings is 1. The smallest absolute Gasteiger partial charge is 0.231 e. The lowest BCUT2D eigenvalue weighted by Crippen LogP contribution is -2.34. The molecular formula is C31H41N7O3S. The van der Waals surface area contributed by atoms with Gasteiger partial charge in [-0.25, -0.2) is 4.98 Å². The van der Waals surface area contributed by atoms with Crippen molar-refractivity contribution in [1.82, 2.24) is 24.8 Å². The topological polar surface area (TPSA) is 128 Å². The number of rotatable bonds is 11. The number of nitrogens with zero attached hydrogens (tertiary/aromatic N) is 4. The van der Waals surface area contributed by atoms with Crippen molar-refractivity contribution >= 4 is 49.7 Å². The zero-order valence-corrected chi connectivity index (χ0v) is 25.6. The number of β-amino-alcohol motifs (C(OH)–C–C–N with tert-alkyl or cyclic N) is 1. The summed E-state index contributed by atoms with van der Waals surface area (Å²) in [6.45, 7) is 10.7. The van der Waals surface area contributed by atoms with Crippen molar-refractivity contribution in [1.29, 1.82) is 0 Å². The molecule has 10 nitrogen and oxygen atoms in total. The molecule has 2 aromatic heterocycles. The number of likely N-dealkylation sites (tertiary alicyclic amines) is 1. The molecule has 1 saturated heterocycles. The number of benzene rings is 2. The molecule has 0 spiro atoms. The van der Waals surface area contributed by atoms with Crippen molar-refractivity contribution in [3.8, 4) is 5.75 Å². The van der Waals surface area contributed by atoms with Crippen LogP contribution in [-0.2, 0) is 9.52 Å². The first kappa shape index (κ1) is 29.8. The maximum Gasteiger partial charge on any atom is 0.231 e. The second-order valence-electron chi connectivity index (χ2n) is 11.3. The van der Waals surface area contributed by atoms with Gasteiger partial charge in [-0.1, -0.05) is 32.0 Å². The lowest BCUT2D eigenvalue weighted by molar-refractivity contribution is 0.164. The number of piperidine rings is 1. The Hall–Kier alpha value is -3.67. The van der Waals surface area contributed by atoms with Gasteiger partial charge >= 0.3 is 0 Å². The van der Waals surface area contributed by atoms with Crippen LogP contribution in [0.5, 0.6) is 5.75 Å². The fourth-order valence-electron chi connectivity index (χ4n) is 5.23. The highest BCUT2D eigenvalue weighted by Gasteiger charge is 2.23. The zero-order chi connectivity index (χ0) is 29.9. The SMILES string of the molecule is C=S(=O)(c1ccccc1Nc1nc(Nc2ccc(C3CCN(CCO)CC3)cc2OC(C)C)nc2[nH]cnc12)C(C)C. The number of H-pyrrole nitrogens is 1. The molecule has 42 heavy (non-hydrogen) atoms. The number of ether oxygens (including phenoxy) is 1. The van der Waals surface area contributed by atoms with Crippen molar-refractivity contribution in [2.75, 3.05) is 36.9 Å². The summed E-state index contributed by atoms with van der Waals surface area (Å²) in [6.07, 6.45) is 3.64. The van der Waals surface area contributed by atoms with Crippen molar-refractivity contribution in [3.05, 3.63) is 54.4 Å². The number of anilines is 4. The van der Waals surface area contributed by atoms with Crippen LogP contribution >= 0.6 is 0 Å². The minimum Gasteiger partial charge on any atom is -0.489 e. The van der Waals surface area contributed by atoms with Crippen LogP contribution < -0.4 is 15.4 Å². The van der Waals surface area contributed by atoms with Gasteiger partial charge in [0.2, 0.25) is 5.95 Å². The van der Waals surface area contributed by atoms with E-state index in [1.54, 1.807) is 6.33 Å². The lowest BCUT2D eigenvalue weighted by atomic mass is 9.89. The molecule has 3 heterocycles. The molecule has 0 amide bonds. The average Bonchev–Trinajstić information content (AvgIpc) is 3.44. The van der Waals surface area contributed by atoms with Gasteiger partial charge in [-0.2, -0.15) is 9.97 Å². The maximum absolute atomic E-state index is 13.5. The summed E-state index contributed by atoms with van der Waals surface area (Å²) >= 11 is 0. The number of fused-ring (bicyclic) bond motifs is 1. The molecule has 224 valence electrons. The van der Waals surface area contributed by atoms with E-state index in [0.717, 1.165) is 43.9 Å². The number of aromatic nitrogens is 4. The molecule has 2 aromatic carbocycles. The normalized spacial score (nSPS) is 16.2. The van der Waals surface area contributed by atoms with Crippen LogP contribution in [0, 0.1) is 0 Å². The Bertz CT molecular complexity index is 1630. The number of para-hydroxylation sites is 1. The summed E-state index contributed by atoms with van der Waals surface area (Å²) in [5.41, 5.74) is 3.79. The van der Waals surface area contributed by atoms with Gasteiger partial charge in [0.15, 0.2) is 17.0 Å². The minimum atomic E-state index is -2.54. The first-order valence-corrected chi connectivity index (χ1v) is 16.3. The number of aliphatic hydroxyl groups excluding tert-OH is 1. The van der Waals surface area contributed by atoms with E-state index in [-0.39, 0.29) is 18.0 Å². The van der Waals surface area contributed by atoms with E-state index in [2.05, 4.69) is 48.5 Å². The quantitative estimate of drug-likeness (QED) is 0.172. The van der Waals surface area contributed by atoms with Gasteiger partial charge in [-0.3, -0.25) is 4.21 Å². The molecule has 1 aliphatic rings. The molecule has 0 aliphatic carbocycles. The van der Waals surface area contributed by atoms with Crippen LogP contribution in [0.1, 0.15) is 52.0 Å². The Balaban J connectivity index is 1.45. The Morgan fingerprint density at radius 1 is 1.10 bits per heavy atom. The summed E-state index contributed by atoms with van der Waals surface area (Å²) < 4.78 is 19.7. The second kappa shape index (κ2) is 12.7. The molecule has 1 aliphatic heterocycles. The van der Waals surface area contributed by atoms with Crippen LogP contribution in [-0.4, -0.2) is 77.6 Å². The second-order valence-corrected chi connectivity index (χ2v) is 14.1. The van der Waals surface area contributed by atoms with E-state index >= 15 is 0 Å². The third-order valence-corrected chi connectivity index (χ3v) is 10.3. The molecular weight excluding hydrogens is 550 g/mol. The fourth-order valence-corrected chi connectivity index (χ4v) is 6.54. The van der Waals surface area contributed by atoms with Crippen LogP contribution in [0.4, 0.5) is 23.1 Å². The summed E-state index contributed by atoms with van der Waals surface area (Å²) in [5, 5.41) is 15.9. The Morgan fingerprint density at radius 3 is 2.57 bits per heavy atom. The van der Waals surface area contributed by atoms with Crippen molar-refractivity contribution < 1.29 is 14.1 Å². The fraction of sp³-hybridized carbons (Fsp3) is 0.419. The van der Waals surface area contributed by atoms with E-state index < -0.39 is 9.52 Å². The number of hydrogen-bond donors (Lipinski definition) is 4. The van der Waals surface area contributed by atoms with Gasteiger partial charge in [0.25, 0.3) is 0 Å². The van der Waals surface area contributed by atoms with Crippen LogP contribution in [0.25, 0.3) is 11.2 Å². The molecule has 0 bridgehead atoms. The van der Waals surface area contributed by atoms with E-state index in [1.165, 1.54) is 5.56 Å². The molecule has 1 fully saturated rings. The number of aliphatic hydroxyl groups is 1. The van der Waals surface area contributed by atoms with Crippen LogP contribution in [0.3, 0.4) is 0 Å². The monoisotopic (exact) mass is 591 g/mol. The summed E-state index contributed by atoms with van der Waals surface area (Å²) in [7, 11) is -2.54. The van der Waals surface area contributed by atoms with Crippen LogP contribution in [0.15, 0.2) is 53.7 Å². The summed E-state index contributed by atoms with van der Waals surface area (Å²) in [6, 6.07) is 13.8. The predicted octanol–water partition coefficient (Wildman–Crippen LogP) is 5.28. The molecule has 11 heteroatoms. The van der Waals surface area contributed by atoms with E-state index in [0.29, 0.717) is 39.4 Å². The van der Waals surface area contributed by atoms with Gasteiger partial charge in [-0.15, -0.1) is 0 Å². The molecule has 1 unspecified atom stereocenters. The van der Waals surface area contributed by atoms with Crippen molar-refractivity contribution in [2.45, 2.75) is 62.7 Å². The molecule has 0 saturated carbocycles. The van der Waals surface area contributed by atoms with E-state index in [1.807, 2.05) is 58.0 Å². The maximum atomic E-state index is 13.5. The molecule has 4 N–H and O–H groups in total. The Morgan fingerprint density at radius 2 is 1.86 bits per heavy atom. The molecule has 4 aromatic rings.